The van der Waals surface area contributed by atoms with Gasteiger partial charge in [0.25, 0.3) is 0 Å². The van der Waals surface area contributed by atoms with Crippen LogP contribution in [0.3, 0.4) is 0 Å². The Morgan fingerprint density at radius 2 is 0.703 bits per heavy atom. The fourth-order valence-corrected chi connectivity index (χ4v) is 6.20. The van der Waals surface area contributed by atoms with Crippen molar-refractivity contribution < 1.29 is 19.1 Å². The average Bonchev–Trinajstić information content (AvgIpc) is 2.94. The molecule has 0 unspecified atom stereocenters. The Balaban J connectivity index is 1.27. The van der Waals surface area contributed by atoms with Crippen LogP contribution in [0, 0.1) is 0 Å². The van der Waals surface area contributed by atoms with Gasteiger partial charge in [-0.25, -0.2) is 31.3 Å². The van der Waals surface area contributed by atoms with Crippen LogP contribution in [0.5, 0.6) is 0 Å². The Kier molecular flexibility index (Phi) is 12.1. The average molecular weight is 523 g/mol. The van der Waals surface area contributed by atoms with Gasteiger partial charge in [0.1, 0.15) is 0 Å². The number of ether oxygens (including phenoxy) is 2. The molecule has 4 N–H and O–H groups in total. The van der Waals surface area contributed by atoms with Crippen molar-refractivity contribution in [3.8, 4) is 0 Å². The molecule has 4 rings (SSSR count). The minimum absolute atomic E-state index is 0.245. The van der Waals surface area contributed by atoms with Gasteiger partial charge in [0, 0.05) is 24.2 Å². The first kappa shape index (κ1) is 28.4. The summed E-state index contributed by atoms with van der Waals surface area (Å²) in [7, 11) is 0. The largest absolute Gasteiger partial charge is 0.442 e. The Labute approximate surface area is 222 Å². The van der Waals surface area contributed by atoms with Crippen molar-refractivity contribution in [2.75, 3.05) is 6.79 Å². The fraction of sp³-hybridized carbons (Fsp3) is 0.926. The van der Waals surface area contributed by atoms with Crippen LogP contribution >= 0.6 is 0 Å². The second-order valence-corrected chi connectivity index (χ2v) is 11.5. The number of carbonyl (C=O) groups is 2. The number of carbonyl (C=O) groups excluding carboxylic acids is 2. The van der Waals surface area contributed by atoms with Gasteiger partial charge >= 0.3 is 12.2 Å². The molecule has 0 heterocycles. The zero-order chi connectivity index (χ0) is 25.7. The number of nitrogens with zero attached hydrogens (tertiary/aromatic N) is 2. The molecule has 0 atom stereocenters. The molecule has 10 nitrogen and oxygen atoms in total. The first-order chi connectivity index (χ1) is 18.2. The van der Waals surface area contributed by atoms with Crippen molar-refractivity contribution >= 4 is 12.2 Å². The third-order valence-corrected chi connectivity index (χ3v) is 8.40. The highest BCUT2D eigenvalue weighted by Gasteiger charge is 2.28. The predicted molar refractivity (Wildman–Crippen MR) is 142 cm³/mol. The Hall–Kier alpha value is -1.62. The molecular formula is C27H50N6O4. The molecule has 4 saturated carbocycles. The number of rotatable bonds is 10. The Morgan fingerprint density at radius 1 is 0.459 bits per heavy atom. The molecule has 212 valence electrons. The van der Waals surface area contributed by atoms with Crippen LogP contribution in [-0.2, 0) is 9.47 Å². The summed E-state index contributed by atoms with van der Waals surface area (Å²) in [6.07, 6.45) is 21.5. The number of hydrogen-bond acceptors (Lipinski definition) is 8. The van der Waals surface area contributed by atoms with Crippen LogP contribution in [0.25, 0.3) is 0 Å². The molecule has 4 aliphatic rings. The lowest BCUT2D eigenvalue weighted by Crippen LogP contribution is -2.60. The summed E-state index contributed by atoms with van der Waals surface area (Å²) in [5, 5.41) is 2.83. The third kappa shape index (κ3) is 9.89. The molecule has 10 heteroatoms. The Bertz CT molecular complexity index is 578. The van der Waals surface area contributed by atoms with E-state index in [1.165, 1.54) is 87.3 Å². The predicted octanol–water partition coefficient (Wildman–Crippen LogP) is 5.17. The number of amides is 2. The maximum atomic E-state index is 13.0. The molecule has 0 aliphatic heterocycles. The fourth-order valence-electron chi connectivity index (χ4n) is 6.20. The highest BCUT2D eigenvalue weighted by molar-refractivity contribution is 5.68. The van der Waals surface area contributed by atoms with Crippen molar-refractivity contribution in [1.82, 2.24) is 31.9 Å². The number of nitrogens with one attached hydrogen (secondary N) is 4. The molecule has 0 aromatic carbocycles. The topological polar surface area (TPSA) is 107 Å². The third-order valence-electron chi connectivity index (χ3n) is 8.40. The summed E-state index contributed by atoms with van der Waals surface area (Å²) in [5.41, 5.74) is 13.4. The zero-order valence-corrected chi connectivity index (χ0v) is 22.7. The summed E-state index contributed by atoms with van der Waals surface area (Å²) in [6.45, 7) is -0.429. The van der Waals surface area contributed by atoms with Crippen molar-refractivity contribution in [3.05, 3.63) is 0 Å². The second kappa shape index (κ2) is 15.7. The minimum atomic E-state index is -0.559. The summed E-state index contributed by atoms with van der Waals surface area (Å²) in [5.74, 6) is 0. The van der Waals surface area contributed by atoms with Crippen LogP contribution in [0.15, 0.2) is 0 Å². The van der Waals surface area contributed by atoms with Gasteiger partial charge in [0.15, 0.2) is 0 Å². The lowest BCUT2D eigenvalue weighted by Gasteiger charge is -2.35. The molecule has 0 saturated heterocycles. The quantitative estimate of drug-likeness (QED) is 0.230. The highest BCUT2D eigenvalue weighted by Crippen LogP contribution is 2.21. The van der Waals surface area contributed by atoms with E-state index in [4.69, 9.17) is 9.47 Å². The van der Waals surface area contributed by atoms with Crippen molar-refractivity contribution in [2.45, 2.75) is 153 Å². The van der Waals surface area contributed by atoms with Crippen molar-refractivity contribution in [1.29, 1.82) is 0 Å². The monoisotopic (exact) mass is 522 g/mol. The lowest BCUT2D eigenvalue weighted by atomic mass is 9.96. The highest BCUT2D eigenvalue weighted by atomic mass is 16.7. The van der Waals surface area contributed by atoms with Gasteiger partial charge in [-0.3, -0.25) is 0 Å². The molecule has 0 radical (unpaired) electrons. The van der Waals surface area contributed by atoms with Crippen molar-refractivity contribution in [2.24, 2.45) is 0 Å². The first-order valence-corrected chi connectivity index (χ1v) is 15.2. The van der Waals surface area contributed by atoms with E-state index in [-0.39, 0.29) is 24.2 Å². The molecule has 2 amide bonds. The standard InChI is InChI=1S/C27H50N6O4/c34-26(32(28-22-13-5-1-6-14-22)29-23-15-7-2-8-16-23)36-21-37-27(35)33(30-24-17-9-3-10-18-24)31-25-19-11-4-12-20-25/h22-25,28-31H,1-21H2. The second-order valence-electron chi connectivity index (χ2n) is 11.5. The van der Waals surface area contributed by atoms with Crippen LogP contribution < -0.4 is 21.7 Å². The molecule has 0 bridgehead atoms. The number of hydrogen-bond donors (Lipinski definition) is 4. The smallest absolute Gasteiger partial charge is 0.410 e. The van der Waals surface area contributed by atoms with Gasteiger partial charge in [-0.2, -0.15) is 10.2 Å². The zero-order valence-electron chi connectivity index (χ0n) is 22.7. The van der Waals surface area contributed by atoms with Gasteiger partial charge in [-0.1, -0.05) is 77.0 Å². The van der Waals surface area contributed by atoms with E-state index in [9.17, 15) is 9.59 Å². The summed E-state index contributed by atoms with van der Waals surface area (Å²) in [6, 6.07) is 0.981. The van der Waals surface area contributed by atoms with E-state index < -0.39 is 19.0 Å². The van der Waals surface area contributed by atoms with Gasteiger partial charge in [-0.15, -0.1) is 0 Å². The van der Waals surface area contributed by atoms with Crippen molar-refractivity contribution in [3.63, 3.8) is 0 Å². The van der Waals surface area contributed by atoms with Crippen LogP contribution in [0.2, 0.25) is 0 Å². The molecule has 37 heavy (non-hydrogen) atoms. The maximum absolute atomic E-state index is 13.0. The van der Waals surface area contributed by atoms with E-state index in [0.29, 0.717) is 0 Å². The van der Waals surface area contributed by atoms with Gasteiger partial charge in [0.2, 0.25) is 6.79 Å². The van der Waals surface area contributed by atoms with E-state index in [1.54, 1.807) is 0 Å². The first-order valence-electron chi connectivity index (χ1n) is 15.2. The summed E-state index contributed by atoms with van der Waals surface area (Å²) < 4.78 is 10.8. The molecule has 4 fully saturated rings. The number of hydrazine groups is 4. The summed E-state index contributed by atoms with van der Waals surface area (Å²) >= 11 is 0. The van der Waals surface area contributed by atoms with Crippen LogP contribution in [-0.4, -0.2) is 53.4 Å². The molecule has 0 aromatic rings. The maximum Gasteiger partial charge on any atom is 0.442 e. The van der Waals surface area contributed by atoms with Gasteiger partial charge in [0.05, 0.1) is 0 Å². The van der Waals surface area contributed by atoms with Crippen LogP contribution in [0.4, 0.5) is 9.59 Å². The van der Waals surface area contributed by atoms with Gasteiger partial charge < -0.3 is 9.47 Å². The van der Waals surface area contributed by atoms with E-state index in [0.717, 1.165) is 51.4 Å². The van der Waals surface area contributed by atoms with Gasteiger partial charge in [-0.05, 0) is 51.4 Å². The minimum Gasteiger partial charge on any atom is -0.410 e. The molecule has 0 aromatic heterocycles. The van der Waals surface area contributed by atoms with Crippen LogP contribution in [0.1, 0.15) is 128 Å². The van der Waals surface area contributed by atoms with E-state index in [1.807, 2.05) is 0 Å². The SMILES string of the molecule is O=C(OCOC(=O)N(NC1CCCCC1)NC1CCCCC1)N(NC1CCCCC1)NC1CCCCC1. The van der Waals surface area contributed by atoms with E-state index in [2.05, 4.69) is 21.7 Å². The van der Waals surface area contributed by atoms with E-state index >= 15 is 0 Å². The molecular weight excluding hydrogens is 472 g/mol. The normalized spacial score (nSPS) is 22.9. The Morgan fingerprint density at radius 3 is 0.946 bits per heavy atom. The molecule has 4 aliphatic carbocycles. The summed E-state index contributed by atoms with van der Waals surface area (Å²) in [4.78, 5) is 26.0. The lowest BCUT2D eigenvalue weighted by molar-refractivity contribution is -0.0432. The molecule has 0 spiro atoms.